The SMILES string of the molecule is CCCN(CCO)S(=O)(=O)c1cccnc1C(N)=S. The molecule has 1 rings (SSSR count). The van der Waals surface area contributed by atoms with Gasteiger partial charge in [-0.15, -0.1) is 0 Å². The smallest absolute Gasteiger partial charge is 0.245 e. The van der Waals surface area contributed by atoms with E-state index in [2.05, 4.69) is 4.98 Å². The maximum atomic E-state index is 12.5. The van der Waals surface area contributed by atoms with Crippen LogP contribution >= 0.6 is 12.2 Å². The number of nitrogens with zero attached hydrogens (tertiary/aromatic N) is 2. The van der Waals surface area contributed by atoms with Crippen LogP contribution in [-0.2, 0) is 10.0 Å². The van der Waals surface area contributed by atoms with Gasteiger partial charge >= 0.3 is 0 Å². The Bertz CT molecular complexity index is 540. The summed E-state index contributed by atoms with van der Waals surface area (Å²) in [5.41, 5.74) is 5.58. The quantitative estimate of drug-likeness (QED) is 0.694. The zero-order chi connectivity index (χ0) is 14.5. The molecule has 0 fully saturated rings. The Kier molecular flexibility index (Phi) is 5.80. The lowest BCUT2D eigenvalue weighted by molar-refractivity contribution is 0.253. The normalized spacial score (nSPS) is 11.7. The summed E-state index contributed by atoms with van der Waals surface area (Å²) in [5.74, 6) is 0. The van der Waals surface area contributed by atoms with Crippen LogP contribution in [0.15, 0.2) is 23.2 Å². The number of aliphatic hydroxyl groups excluding tert-OH is 1. The van der Waals surface area contributed by atoms with E-state index in [1.807, 2.05) is 6.92 Å². The highest BCUT2D eigenvalue weighted by Crippen LogP contribution is 2.18. The van der Waals surface area contributed by atoms with Gasteiger partial charge in [0.2, 0.25) is 10.0 Å². The van der Waals surface area contributed by atoms with E-state index in [1.165, 1.54) is 22.6 Å². The summed E-state index contributed by atoms with van der Waals surface area (Å²) in [6, 6.07) is 2.93. The first-order valence-corrected chi connectivity index (χ1v) is 7.65. The fraction of sp³-hybridized carbons (Fsp3) is 0.455. The van der Waals surface area contributed by atoms with E-state index in [0.29, 0.717) is 13.0 Å². The molecule has 0 amide bonds. The molecule has 8 heteroatoms. The lowest BCUT2D eigenvalue weighted by Crippen LogP contribution is -2.35. The minimum Gasteiger partial charge on any atom is -0.395 e. The molecule has 0 radical (unpaired) electrons. The van der Waals surface area contributed by atoms with Gasteiger partial charge in [-0.2, -0.15) is 4.31 Å². The van der Waals surface area contributed by atoms with Crippen molar-refractivity contribution in [3.05, 3.63) is 24.0 Å². The zero-order valence-electron chi connectivity index (χ0n) is 10.6. The predicted molar refractivity (Wildman–Crippen MR) is 76.3 cm³/mol. The predicted octanol–water partition coefficient (Wildman–Crippen LogP) is 0.109. The molecule has 0 aliphatic heterocycles. The van der Waals surface area contributed by atoms with E-state index in [4.69, 9.17) is 23.1 Å². The molecule has 1 aromatic heterocycles. The van der Waals surface area contributed by atoms with Crippen molar-refractivity contribution >= 4 is 27.2 Å². The first kappa shape index (κ1) is 16.0. The molecule has 106 valence electrons. The topological polar surface area (TPSA) is 96.5 Å². The number of hydrogen-bond acceptors (Lipinski definition) is 5. The van der Waals surface area contributed by atoms with Crippen LogP contribution in [-0.4, -0.2) is 47.5 Å². The van der Waals surface area contributed by atoms with E-state index in [-0.39, 0.29) is 28.7 Å². The fourth-order valence-electron chi connectivity index (χ4n) is 1.64. The minimum absolute atomic E-state index is 0.0237. The van der Waals surface area contributed by atoms with Crippen molar-refractivity contribution in [2.45, 2.75) is 18.2 Å². The average Bonchev–Trinajstić information content (AvgIpc) is 2.38. The van der Waals surface area contributed by atoms with Gasteiger partial charge in [-0.25, -0.2) is 8.42 Å². The van der Waals surface area contributed by atoms with Crippen molar-refractivity contribution in [2.75, 3.05) is 19.7 Å². The van der Waals surface area contributed by atoms with E-state index < -0.39 is 10.0 Å². The average molecular weight is 303 g/mol. The Morgan fingerprint density at radius 1 is 1.53 bits per heavy atom. The van der Waals surface area contributed by atoms with Crippen LogP contribution in [0.1, 0.15) is 19.0 Å². The number of aromatic nitrogens is 1. The largest absolute Gasteiger partial charge is 0.395 e. The molecule has 3 N–H and O–H groups in total. The summed E-state index contributed by atoms with van der Waals surface area (Å²) in [6.45, 7) is 1.95. The highest BCUT2D eigenvalue weighted by atomic mass is 32.2. The molecular weight excluding hydrogens is 286 g/mol. The second kappa shape index (κ2) is 6.90. The van der Waals surface area contributed by atoms with E-state index in [0.717, 1.165) is 0 Å². The van der Waals surface area contributed by atoms with Gasteiger partial charge in [0, 0.05) is 19.3 Å². The third-order valence-electron chi connectivity index (χ3n) is 2.44. The van der Waals surface area contributed by atoms with Gasteiger partial charge in [0.05, 0.1) is 6.61 Å². The molecule has 1 aromatic rings. The van der Waals surface area contributed by atoms with Crippen molar-refractivity contribution in [3.8, 4) is 0 Å². The number of pyridine rings is 1. The molecule has 6 nitrogen and oxygen atoms in total. The van der Waals surface area contributed by atoms with Crippen LogP contribution in [0.2, 0.25) is 0 Å². The monoisotopic (exact) mass is 303 g/mol. The summed E-state index contributed by atoms with van der Waals surface area (Å²) < 4.78 is 26.2. The van der Waals surface area contributed by atoms with Gasteiger partial charge in [0.25, 0.3) is 0 Å². The molecule has 0 bridgehead atoms. The molecule has 1 heterocycles. The molecule has 0 aromatic carbocycles. The van der Waals surface area contributed by atoms with Crippen LogP contribution < -0.4 is 5.73 Å². The van der Waals surface area contributed by atoms with E-state index in [1.54, 1.807) is 0 Å². The summed E-state index contributed by atoms with van der Waals surface area (Å²) in [4.78, 5) is 3.82. The summed E-state index contributed by atoms with van der Waals surface area (Å²) in [5, 5.41) is 8.98. The van der Waals surface area contributed by atoms with Crippen molar-refractivity contribution < 1.29 is 13.5 Å². The third-order valence-corrected chi connectivity index (χ3v) is 4.57. The van der Waals surface area contributed by atoms with Gasteiger partial charge in [0.1, 0.15) is 15.6 Å². The third kappa shape index (κ3) is 3.69. The van der Waals surface area contributed by atoms with Gasteiger partial charge < -0.3 is 10.8 Å². The Labute approximate surface area is 118 Å². The van der Waals surface area contributed by atoms with Crippen LogP contribution in [0.5, 0.6) is 0 Å². The standard InChI is InChI=1S/C11H17N3O3S2/c1-2-6-14(7-8-15)19(16,17)9-4-3-5-13-10(9)11(12)18/h3-5,15H,2,6-8H2,1H3,(H2,12,18). The molecule has 0 aliphatic rings. The molecular formula is C11H17N3O3S2. The maximum Gasteiger partial charge on any atom is 0.245 e. The number of hydrogen-bond donors (Lipinski definition) is 2. The van der Waals surface area contributed by atoms with Gasteiger partial charge in [-0.05, 0) is 18.6 Å². The molecule has 19 heavy (non-hydrogen) atoms. The second-order valence-corrected chi connectivity index (χ2v) is 6.19. The minimum atomic E-state index is -3.76. The number of rotatable bonds is 7. The van der Waals surface area contributed by atoms with Crippen LogP contribution in [0, 0.1) is 0 Å². The molecule has 0 aliphatic carbocycles. The van der Waals surface area contributed by atoms with Crippen LogP contribution in [0.4, 0.5) is 0 Å². The van der Waals surface area contributed by atoms with Gasteiger partial charge in [-0.3, -0.25) is 4.98 Å². The van der Waals surface area contributed by atoms with Gasteiger partial charge in [-0.1, -0.05) is 19.1 Å². The first-order valence-electron chi connectivity index (χ1n) is 5.81. The Balaban J connectivity index is 3.29. The summed E-state index contributed by atoms with van der Waals surface area (Å²) in [7, 11) is -3.76. The van der Waals surface area contributed by atoms with Crippen molar-refractivity contribution in [2.24, 2.45) is 5.73 Å². The van der Waals surface area contributed by atoms with Crippen LogP contribution in [0.3, 0.4) is 0 Å². The van der Waals surface area contributed by atoms with Crippen molar-refractivity contribution in [3.63, 3.8) is 0 Å². The van der Waals surface area contributed by atoms with Crippen LogP contribution in [0.25, 0.3) is 0 Å². The first-order chi connectivity index (χ1) is 8.95. The molecule has 0 saturated heterocycles. The fourth-order valence-corrected chi connectivity index (χ4v) is 3.54. The highest BCUT2D eigenvalue weighted by Gasteiger charge is 2.27. The maximum absolute atomic E-state index is 12.5. The summed E-state index contributed by atoms with van der Waals surface area (Å²) >= 11 is 4.82. The molecule has 0 unspecified atom stereocenters. The molecule has 0 saturated carbocycles. The highest BCUT2D eigenvalue weighted by molar-refractivity contribution is 7.89. The van der Waals surface area contributed by atoms with Crippen molar-refractivity contribution in [1.29, 1.82) is 0 Å². The summed E-state index contributed by atoms with van der Waals surface area (Å²) in [6.07, 6.45) is 2.08. The lowest BCUT2D eigenvalue weighted by Gasteiger charge is -2.21. The number of aliphatic hydroxyl groups is 1. The second-order valence-electron chi connectivity index (χ2n) is 3.84. The van der Waals surface area contributed by atoms with E-state index in [9.17, 15) is 8.42 Å². The molecule has 0 spiro atoms. The number of thiocarbonyl (C=S) groups is 1. The molecule has 0 atom stereocenters. The number of nitrogens with two attached hydrogens (primary N) is 1. The van der Waals surface area contributed by atoms with Crippen molar-refractivity contribution in [1.82, 2.24) is 9.29 Å². The Morgan fingerprint density at radius 3 is 2.74 bits per heavy atom. The van der Waals surface area contributed by atoms with E-state index >= 15 is 0 Å². The Hall–Kier alpha value is -1.09. The Morgan fingerprint density at radius 2 is 2.21 bits per heavy atom. The lowest BCUT2D eigenvalue weighted by atomic mass is 10.3. The van der Waals surface area contributed by atoms with Gasteiger partial charge in [0.15, 0.2) is 0 Å². The zero-order valence-corrected chi connectivity index (χ0v) is 12.2. The number of sulfonamides is 1.